The van der Waals surface area contributed by atoms with E-state index in [4.69, 9.17) is 35.3 Å². The predicted molar refractivity (Wildman–Crippen MR) is 90.3 cm³/mol. The van der Waals surface area contributed by atoms with Gasteiger partial charge in [-0.1, -0.05) is 30.3 Å². The Morgan fingerprint density at radius 2 is 1.67 bits per heavy atom. The highest BCUT2D eigenvalue weighted by Crippen LogP contribution is 2.37. The topological polar surface area (TPSA) is 46.2 Å². The minimum atomic E-state index is -0.517. The standard InChI is InChI=1S/C18H25ClO5/c1-20-15-16-14(24-18(22-3)17(15)21-2)13(19)10-12(23-16)9-11-7-5-4-6-8-11/h4-8,12-18H,9-10H2,1-3H3/t12-,13+,14-,15+,16-,17-,18+/m1/s1. The summed E-state index contributed by atoms with van der Waals surface area (Å²) < 4.78 is 28.9. The normalized spacial score (nSPS) is 39.4. The van der Waals surface area contributed by atoms with Crippen molar-refractivity contribution in [3.63, 3.8) is 0 Å². The van der Waals surface area contributed by atoms with Gasteiger partial charge in [0.2, 0.25) is 0 Å². The molecule has 0 unspecified atom stereocenters. The predicted octanol–water partition coefficient (Wildman–Crippen LogP) is 2.40. The Kier molecular flexibility index (Phi) is 6.13. The van der Waals surface area contributed by atoms with Crippen LogP contribution in [0.5, 0.6) is 0 Å². The lowest BCUT2D eigenvalue weighted by Crippen LogP contribution is -2.65. The molecule has 3 rings (SSSR count). The maximum absolute atomic E-state index is 6.63. The van der Waals surface area contributed by atoms with Gasteiger partial charge >= 0.3 is 0 Å². The minimum Gasteiger partial charge on any atom is -0.376 e. The van der Waals surface area contributed by atoms with Gasteiger partial charge in [-0.25, -0.2) is 0 Å². The summed E-state index contributed by atoms with van der Waals surface area (Å²) in [6.45, 7) is 0. The molecule has 134 valence electrons. The second-order valence-electron chi connectivity index (χ2n) is 6.27. The van der Waals surface area contributed by atoms with Crippen LogP contribution >= 0.6 is 11.6 Å². The molecule has 2 saturated heterocycles. The molecule has 0 radical (unpaired) electrons. The van der Waals surface area contributed by atoms with Gasteiger partial charge in [-0.15, -0.1) is 11.6 Å². The van der Waals surface area contributed by atoms with E-state index in [-0.39, 0.29) is 35.9 Å². The lowest BCUT2D eigenvalue weighted by Gasteiger charge is -2.50. The maximum atomic E-state index is 6.63. The average Bonchev–Trinajstić information content (AvgIpc) is 2.61. The molecule has 0 N–H and O–H groups in total. The first-order valence-electron chi connectivity index (χ1n) is 8.25. The number of hydrogen-bond acceptors (Lipinski definition) is 5. The van der Waals surface area contributed by atoms with Gasteiger partial charge in [-0.05, 0) is 18.4 Å². The van der Waals surface area contributed by atoms with E-state index in [9.17, 15) is 0 Å². The minimum absolute atomic E-state index is 0.0222. The molecule has 0 amide bonds. The number of ether oxygens (including phenoxy) is 5. The van der Waals surface area contributed by atoms with Crippen LogP contribution in [0.2, 0.25) is 0 Å². The lowest BCUT2D eigenvalue weighted by atomic mass is 9.89. The van der Waals surface area contributed by atoms with Crippen molar-refractivity contribution in [3.05, 3.63) is 35.9 Å². The number of alkyl halides is 1. The molecule has 24 heavy (non-hydrogen) atoms. The summed E-state index contributed by atoms with van der Waals surface area (Å²) in [5.74, 6) is 0. The Morgan fingerprint density at radius 1 is 0.958 bits per heavy atom. The van der Waals surface area contributed by atoms with Crippen LogP contribution in [0.15, 0.2) is 30.3 Å². The Bertz CT molecular complexity index is 513. The van der Waals surface area contributed by atoms with Crippen molar-refractivity contribution in [1.82, 2.24) is 0 Å². The van der Waals surface area contributed by atoms with Crippen molar-refractivity contribution in [3.8, 4) is 0 Å². The fourth-order valence-corrected chi connectivity index (χ4v) is 4.06. The van der Waals surface area contributed by atoms with E-state index in [0.29, 0.717) is 0 Å². The number of fused-ring (bicyclic) bond motifs is 1. The van der Waals surface area contributed by atoms with Gasteiger partial charge in [0.25, 0.3) is 0 Å². The zero-order valence-electron chi connectivity index (χ0n) is 14.3. The molecule has 0 saturated carbocycles. The van der Waals surface area contributed by atoms with Gasteiger partial charge in [0.1, 0.15) is 24.4 Å². The lowest BCUT2D eigenvalue weighted by molar-refractivity contribution is -0.320. The molecule has 6 heteroatoms. The van der Waals surface area contributed by atoms with Crippen LogP contribution in [0.4, 0.5) is 0 Å². The van der Waals surface area contributed by atoms with Crippen molar-refractivity contribution >= 4 is 11.6 Å². The molecule has 2 aliphatic rings. The van der Waals surface area contributed by atoms with Crippen molar-refractivity contribution in [1.29, 1.82) is 0 Å². The number of halogens is 1. The van der Waals surface area contributed by atoms with E-state index in [1.54, 1.807) is 21.3 Å². The summed E-state index contributed by atoms with van der Waals surface area (Å²) in [6.07, 6.45) is -0.168. The van der Waals surface area contributed by atoms with Crippen LogP contribution in [0.3, 0.4) is 0 Å². The van der Waals surface area contributed by atoms with E-state index in [1.165, 1.54) is 5.56 Å². The van der Waals surface area contributed by atoms with Crippen LogP contribution in [-0.4, -0.2) is 63.5 Å². The molecule has 0 bridgehead atoms. The monoisotopic (exact) mass is 356 g/mol. The number of rotatable bonds is 5. The summed E-state index contributed by atoms with van der Waals surface area (Å²) in [7, 11) is 4.86. The highest BCUT2D eigenvalue weighted by atomic mass is 35.5. The fraction of sp³-hybridized carbons (Fsp3) is 0.667. The molecule has 1 aromatic carbocycles. The molecule has 0 aromatic heterocycles. The van der Waals surface area contributed by atoms with Gasteiger partial charge in [0, 0.05) is 21.3 Å². The van der Waals surface area contributed by atoms with Crippen LogP contribution < -0.4 is 0 Å². The number of benzene rings is 1. The largest absolute Gasteiger partial charge is 0.376 e. The SMILES string of the molecule is CO[C@H]1O[C@H]2[C@@H](O[C@H](Cc3ccccc3)C[C@@H]2Cl)[C@H](OC)[C@H]1OC. The van der Waals surface area contributed by atoms with Crippen molar-refractivity contribution in [2.24, 2.45) is 0 Å². The Labute approximate surface area is 148 Å². The van der Waals surface area contributed by atoms with Crippen LogP contribution in [0.25, 0.3) is 0 Å². The van der Waals surface area contributed by atoms with Crippen LogP contribution in [0.1, 0.15) is 12.0 Å². The number of methoxy groups -OCH3 is 3. The average molecular weight is 357 g/mol. The first-order chi connectivity index (χ1) is 11.7. The third-order valence-electron chi connectivity index (χ3n) is 4.81. The first-order valence-corrected chi connectivity index (χ1v) is 8.68. The second-order valence-corrected chi connectivity index (χ2v) is 6.83. The van der Waals surface area contributed by atoms with E-state index in [0.717, 1.165) is 12.8 Å². The summed E-state index contributed by atoms with van der Waals surface area (Å²) in [6, 6.07) is 10.3. The second kappa shape index (κ2) is 8.13. The maximum Gasteiger partial charge on any atom is 0.186 e. The van der Waals surface area contributed by atoms with Gasteiger partial charge in [-0.3, -0.25) is 0 Å². The van der Waals surface area contributed by atoms with E-state index < -0.39 is 6.29 Å². The van der Waals surface area contributed by atoms with E-state index in [1.807, 2.05) is 18.2 Å². The van der Waals surface area contributed by atoms with Crippen LogP contribution in [-0.2, 0) is 30.1 Å². The molecule has 7 atom stereocenters. The molecule has 2 heterocycles. The van der Waals surface area contributed by atoms with Crippen molar-refractivity contribution < 1.29 is 23.7 Å². The summed E-state index contributed by atoms with van der Waals surface area (Å²) in [5, 5.41) is -0.162. The van der Waals surface area contributed by atoms with Crippen molar-refractivity contribution in [2.45, 2.75) is 55.0 Å². The van der Waals surface area contributed by atoms with E-state index >= 15 is 0 Å². The van der Waals surface area contributed by atoms with Gasteiger partial charge < -0.3 is 23.7 Å². The molecule has 2 fully saturated rings. The van der Waals surface area contributed by atoms with Gasteiger partial charge in [0.15, 0.2) is 6.29 Å². The molecule has 5 nitrogen and oxygen atoms in total. The molecular formula is C18H25ClO5. The molecule has 1 aromatic rings. The van der Waals surface area contributed by atoms with E-state index in [2.05, 4.69) is 12.1 Å². The molecule has 0 spiro atoms. The van der Waals surface area contributed by atoms with Crippen LogP contribution in [0, 0.1) is 0 Å². The first kappa shape index (κ1) is 18.1. The molecular weight excluding hydrogens is 332 g/mol. The quantitative estimate of drug-likeness (QED) is 0.758. The third-order valence-corrected chi connectivity index (χ3v) is 5.23. The van der Waals surface area contributed by atoms with Gasteiger partial charge in [-0.2, -0.15) is 0 Å². The van der Waals surface area contributed by atoms with Crippen molar-refractivity contribution in [2.75, 3.05) is 21.3 Å². The summed E-state index contributed by atoms with van der Waals surface area (Å²) in [5.41, 5.74) is 1.23. The Morgan fingerprint density at radius 3 is 2.29 bits per heavy atom. The summed E-state index contributed by atoms with van der Waals surface area (Å²) in [4.78, 5) is 0. The van der Waals surface area contributed by atoms with Gasteiger partial charge in [0.05, 0.1) is 11.5 Å². The summed E-state index contributed by atoms with van der Waals surface area (Å²) >= 11 is 6.63. The third kappa shape index (κ3) is 3.62. The smallest absolute Gasteiger partial charge is 0.186 e. The highest BCUT2D eigenvalue weighted by molar-refractivity contribution is 6.21. The highest BCUT2D eigenvalue weighted by Gasteiger charge is 2.53. The zero-order valence-corrected chi connectivity index (χ0v) is 15.0. The Balaban J connectivity index is 1.76. The fourth-order valence-electron chi connectivity index (χ4n) is 3.66. The number of hydrogen-bond donors (Lipinski definition) is 0. The molecule has 0 aliphatic carbocycles. The zero-order chi connectivity index (χ0) is 17.1. The molecule has 2 aliphatic heterocycles. The Hall–Kier alpha value is -0.690.